The third kappa shape index (κ3) is 9.79. The van der Waals surface area contributed by atoms with Gasteiger partial charge in [0.05, 0.1) is 0 Å². The number of carbonyl (C=O) groups is 2. The first-order valence-electron chi connectivity index (χ1n) is 10.1. The highest BCUT2D eigenvalue weighted by molar-refractivity contribution is 8.76. The lowest BCUT2D eigenvalue weighted by atomic mass is 10.1. The number of nitrogens with one attached hydrogen (secondary N) is 2. The predicted octanol–water partition coefficient (Wildman–Crippen LogP) is 3.02. The fourth-order valence-electron chi connectivity index (χ4n) is 2.65. The third-order valence-corrected chi connectivity index (χ3v) is 6.77. The number of halogens is 2. The topological polar surface area (TPSA) is 123 Å². The summed E-state index contributed by atoms with van der Waals surface area (Å²) < 4.78 is 25.9. The normalized spacial score (nSPS) is 11.8. The molecule has 0 fully saturated rings. The molecule has 0 unspecified atom stereocenters. The number of hydrogen-bond acceptors (Lipinski definition) is 8. The van der Waals surface area contributed by atoms with Crippen molar-refractivity contribution in [1.29, 1.82) is 0 Å². The molecule has 0 bridgehead atoms. The van der Waals surface area contributed by atoms with Crippen molar-refractivity contribution in [3.8, 4) is 0 Å². The van der Waals surface area contributed by atoms with E-state index in [1.165, 1.54) is 70.1 Å². The molecule has 4 N–H and O–H groups in total. The zero-order valence-electron chi connectivity index (χ0n) is 18.0. The van der Waals surface area contributed by atoms with Gasteiger partial charge in [-0.3, -0.25) is 9.59 Å². The second-order valence-corrected chi connectivity index (χ2v) is 9.56. The fraction of sp³-hybridized carbons (Fsp3) is 0.273. The molecular formula is C22H24F2N4O4S2. The zero-order valence-corrected chi connectivity index (χ0v) is 19.7. The largest absolute Gasteiger partial charge is 0.410 e. The average Bonchev–Trinajstić information content (AvgIpc) is 2.84. The highest BCUT2D eigenvalue weighted by Gasteiger charge is 2.14. The Hall–Kier alpha value is -3.12. The lowest BCUT2D eigenvalue weighted by Gasteiger charge is -2.08. The van der Waals surface area contributed by atoms with Crippen LogP contribution < -0.4 is 10.6 Å². The minimum Gasteiger partial charge on any atom is -0.410 e. The van der Waals surface area contributed by atoms with Gasteiger partial charge in [0, 0.05) is 37.4 Å². The van der Waals surface area contributed by atoms with E-state index in [1.54, 1.807) is 0 Å². The van der Waals surface area contributed by atoms with E-state index >= 15 is 0 Å². The van der Waals surface area contributed by atoms with Crippen molar-refractivity contribution in [2.45, 2.75) is 12.8 Å². The molecule has 12 heteroatoms. The van der Waals surface area contributed by atoms with Crippen LogP contribution in [0.4, 0.5) is 8.78 Å². The second kappa shape index (κ2) is 14.9. The molecule has 0 saturated heterocycles. The van der Waals surface area contributed by atoms with Crippen LogP contribution in [0.5, 0.6) is 0 Å². The molecule has 0 aliphatic rings. The molecule has 0 aromatic heterocycles. The maximum absolute atomic E-state index is 13.0. The summed E-state index contributed by atoms with van der Waals surface area (Å²) in [7, 11) is 2.96. The van der Waals surface area contributed by atoms with Crippen LogP contribution in [0.1, 0.15) is 11.1 Å². The maximum Gasteiger partial charge on any atom is 0.269 e. The molecular weight excluding hydrogens is 486 g/mol. The first-order chi connectivity index (χ1) is 16.4. The van der Waals surface area contributed by atoms with Gasteiger partial charge in [-0.15, -0.1) is 0 Å². The van der Waals surface area contributed by atoms with Gasteiger partial charge < -0.3 is 21.0 Å². The summed E-state index contributed by atoms with van der Waals surface area (Å²) in [4.78, 5) is 24.2. The number of benzene rings is 2. The van der Waals surface area contributed by atoms with Crippen molar-refractivity contribution in [2.24, 2.45) is 10.3 Å². The summed E-state index contributed by atoms with van der Waals surface area (Å²) in [5.74, 6) is -0.655. The van der Waals surface area contributed by atoms with Crippen LogP contribution in [0.15, 0.2) is 58.8 Å². The molecule has 0 saturated carbocycles. The Morgan fingerprint density at radius 3 is 1.38 bits per heavy atom. The molecule has 0 heterocycles. The summed E-state index contributed by atoms with van der Waals surface area (Å²) in [5.41, 5.74) is 1.13. The first kappa shape index (κ1) is 27.1. The number of amides is 2. The molecule has 0 aliphatic carbocycles. The highest BCUT2D eigenvalue weighted by atomic mass is 33.1. The monoisotopic (exact) mass is 510 g/mol. The Morgan fingerprint density at radius 2 is 1.06 bits per heavy atom. The smallest absolute Gasteiger partial charge is 0.269 e. The highest BCUT2D eigenvalue weighted by Crippen LogP contribution is 2.19. The van der Waals surface area contributed by atoms with Crippen LogP contribution in [-0.2, 0) is 22.4 Å². The van der Waals surface area contributed by atoms with E-state index in [9.17, 15) is 18.4 Å². The van der Waals surface area contributed by atoms with E-state index in [2.05, 4.69) is 20.9 Å². The Balaban J connectivity index is 1.58. The van der Waals surface area contributed by atoms with Gasteiger partial charge in [-0.2, -0.15) is 0 Å². The van der Waals surface area contributed by atoms with Gasteiger partial charge in [0.1, 0.15) is 23.1 Å². The Kier molecular flexibility index (Phi) is 11.9. The lowest BCUT2D eigenvalue weighted by molar-refractivity contribution is -0.115. The molecule has 2 rings (SSSR count). The molecule has 8 nitrogen and oxygen atoms in total. The van der Waals surface area contributed by atoms with Crippen molar-refractivity contribution in [3.05, 3.63) is 71.3 Å². The van der Waals surface area contributed by atoms with E-state index < -0.39 is 23.4 Å². The van der Waals surface area contributed by atoms with E-state index in [1.807, 2.05) is 0 Å². The van der Waals surface area contributed by atoms with Crippen LogP contribution in [0.25, 0.3) is 0 Å². The molecule has 2 aromatic rings. The predicted molar refractivity (Wildman–Crippen MR) is 130 cm³/mol. The van der Waals surface area contributed by atoms with E-state index in [0.29, 0.717) is 35.7 Å². The summed E-state index contributed by atoms with van der Waals surface area (Å²) in [6.45, 7) is 0.675. The van der Waals surface area contributed by atoms with Crippen molar-refractivity contribution >= 4 is 44.8 Å². The van der Waals surface area contributed by atoms with Crippen LogP contribution in [0, 0.1) is 11.6 Å². The van der Waals surface area contributed by atoms with Gasteiger partial charge in [-0.1, -0.05) is 56.2 Å². The Bertz CT molecular complexity index is 921. The molecule has 34 heavy (non-hydrogen) atoms. The van der Waals surface area contributed by atoms with Gasteiger partial charge in [-0.05, 0) is 35.4 Å². The van der Waals surface area contributed by atoms with Crippen molar-refractivity contribution in [3.63, 3.8) is 0 Å². The second-order valence-electron chi connectivity index (χ2n) is 6.86. The first-order valence-corrected chi connectivity index (χ1v) is 12.6. The summed E-state index contributed by atoms with van der Waals surface area (Å²) in [5, 5.41) is 29.5. The van der Waals surface area contributed by atoms with E-state index in [-0.39, 0.29) is 24.3 Å². The molecule has 182 valence electrons. The van der Waals surface area contributed by atoms with Gasteiger partial charge in [-0.25, -0.2) is 8.78 Å². The van der Waals surface area contributed by atoms with E-state index in [0.717, 1.165) is 0 Å². The fourth-order valence-corrected chi connectivity index (χ4v) is 4.46. The van der Waals surface area contributed by atoms with Crippen LogP contribution >= 0.6 is 21.6 Å². The van der Waals surface area contributed by atoms with Crippen molar-refractivity contribution in [1.82, 2.24) is 10.6 Å². The standard InChI is InChI=1S/C22H24F2N4O4S2/c23-17-5-1-15(2-6-17)13-19(27-31)21(29)25-9-11-33-34-12-10-26-22(30)20(28-32)14-16-3-7-18(24)8-4-16/h1-8,31-32H,9-14H2,(H,25,29)(H,26,30)/b27-19-,28-20+. The summed E-state index contributed by atoms with van der Waals surface area (Å²) in [6.07, 6.45) is 0.148. The average molecular weight is 511 g/mol. The number of hydrogen-bond donors (Lipinski definition) is 4. The SMILES string of the molecule is O=C(NCCSSCCNC(=O)/C(Cc1ccc(F)cc1)=N/O)/C(Cc1ccc(F)cc1)=N\O. The molecule has 0 radical (unpaired) electrons. The molecule has 2 aromatic carbocycles. The van der Waals surface area contributed by atoms with Gasteiger partial charge in [0.25, 0.3) is 11.8 Å². The Labute approximate surface area is 203 Å². The minimum atomic E-state index is -0.512. The van der Waals surface area contributed by atoms with Crippen LogP contribution in [0.3, 0.4) is 0 Å². The zero-order chi connectivity index (χ0) is 24.8. The van der Waals surface area contributed by atoms with Crippen molar-refractivity contribution in [2.75, 3.05) is 24.6 Å². The van der Waals surface area contributed by atoms with E-state index in [4.69, 9.17) is 10.4 Å². The van der Waals surface area contributed by atoms with Crippen LogP contribution in [0.2, 0.25) is 0 Å². The summed E-state index contributed by atoms with van der Waals surface area (Å²) >= 11 is 0. The maximum atomic E-state index is 13.0. The van der Waals surface area contributed by atoms with Gasteiger partial charge in [0.15, 0.2) is 0 Å². The molecule has 0 aliphatic heterocycles. The Morgan fingerprint density at radius 1 is 0.706 bits per heavy atom. The minimum absolute atomic E-state index is 0.0739. The van der Waals surface area contributed by atoms with Crippen LogP contribution in [-0.4, -0.2) is 58.2 Å². The quantitative estimate of drug-likeness (QED) is 0.108. The number of carbonyl (C=O) groups excluding carboxylic acids is 2. The lowest BCUT2D eigenvalue weighted by Crippen LogP contribution is -2.34. The molecule has 2 amide bonds. The third-order valence-electron chi connectivity index (χ3n) is 4.36. The number of oxime groups is 2. The number of nitrogens with zero attached hydrogens (tertiary/aromatic N) is 2. The van der Waals surface area contributed by atoms with Crippen molar-refractivity contribution < 1.29 is 28.8 Å². The molecule has 0 spiro atoms. The van der Waals surface area contributed by atoms with Gasteiger partial charge in [0.2, 0.25) is 0 Å². The molecule has 0 atom stereocenters. The van der Waals surface area contributed by atoms with Gasteiger partial charge >= 0.3 is 0 Å². The number of rotatable bonds is 13. The summed E-state index contributed by atoms with van der Waals surface area (Å²) in [6, 6.07) is 11.1.